The zero-order valence-electron chi connectivity index (χ0n) is 27.1. The molecule has 250 valence electrons. The van der Waals surface area contributed by atoms with E-state index < -0.39 is 0 Å². The van der Waals surface area contributed by atoms with Crippen molar-refractivity contribution in [3.05, 3.63) is 53.9 Å². The number of nitrogens with one attached hydrogen (secondary N) is 1. The summed E-state index contributed by atoms with van der Waals surface area (Å²) in [5, 5.41) is 14.2. The summed E-state index contributed by atoms with van der Waals surface area (Å²) in [6.07, 6.45) is 6.77. The van der Waals surface area contributed by atoms with Crippen LogP contribution in [0.2, 0.25) is 0 Å². The number of hydrogen-bond acceptors (Lipinski definition) is 9. The average Bonchev–Trinajstić information content (AvgIpc) is 3.63. The molecule has 3 aliphatic rings. The van der Waals surface area contributed by atoms with Gasteiger partial charge in [-0.3, -0.25) is 14.4 Å². The van der Waals surface area contributed by atoms with Crippen molar-refractivity contribution in [2.45, 2.75) is 57.4 Å². The van der Waals surface area contributed by atoms with Crippen LogP contribution in [-0.2, 0) is 27.2 Å². The van der Waals surface area contributed by atoms with Crippen LogP contribution in [0.4, 0.5) is 0 Å². The quantitative estimate of drug-likeness (QED) is 0.428. The van der Waals surface area contributed by atoms with Crippen LogP contribution in [0.15, 0.2) is 42.7 Å². The number of methoxy groups -OCH3 is 2. The molecule has 3 aromatic rings. The molecule has 3 aliphatic heterocycles. The van der Waals surface area contributed by atoms with Gasteiger partial charge in [-0.25, -0.2) is 4.68 Å². The molecule has 0 spiro atoms. The molecular formula is C34H43N7O6. The number of fused-ring (bicyclic) bond motifs is 6. The number of hydrogen-bond donors (Lipinski definition) is 1. The monoisotopic (exact) mass is 645 g/mol. The standard InChI is InChI=1S/C34H43N7O6/c1-45-30-17-23-8-13-32(43)40-19-24-16-26(29(40)6-3-7-31(42)35-14-4-5-25(15-23)34(30)46-2)20-39(18-24)33(44)21-47-28-11-9-27(10-12-28)41-22-36-37-38-41/h9-12,15,17,22,24,26,29H,3-8,13-14,16,18-21H2,1-2H3,(H,35,42)/t24-,26+,29-/m0/s1. The first kappa shape index (κ1) is 32.3. The maximum Gasteiger partial charge on any atom is 0.260 e. The van der Waals surface area contributed by atoms with Crippen LogP contribution in [0.5, 0.6) is 17.2 Å². The Labute approximate surface area is 274 Å². The molecule has 3 amide bonds. The van der Waals surface area contributed by atoms with Crippen LogP contribution >= 0.6 is 0 Å². The molecular weight excluding hydrogens is 602 g/mol. The molecule has 2 saturated heterocycles. The van der Waals surface area contributed by atoms with E-state index in [4.69, 9.17) is 14.2 Å². The van der Waals surface area contributed by atoms with E-state index in [0.29, 0.717) is 69.1 Å². The van der Waals surface area contributed by atoms with Gasteiger partial charge in [-0.15, -0.1) is 5.10 Å². The third-order valence-electron chi connectivity index (χ3n) is 9.55. The highest BCUT2D eigenvalue weighted by molar-refractivity contribution is 5.79. The lowest BCUT2D eigenvalue weighted by Crippen LogP contribution is -2.60. The summed E-state index contributed by atoms with van der Waals surface area (Å²) in [7, 11) is 3.25. The predicted molar refractivity (Wildman–Crippen MR) is 171 cm³/mol. The first-order valence-corrected chi connectivity index (χ1v) is 16.5. The molecule has 6 rings (SSSR count). The Hall–Kier alpha value is -4.68. The normalized spacial score (nSPS) is 22.2. The van der Waals surface area contributed by atoms with Gasteiger partial charge in [0.05, 0.1) is 19.9 Å². The van der Waals surface area contributed by atoms with Crippen molar-refractivity contribution in [1.29, 1.82) is 0 Å². The number of aryl methyl sites for hydroxylation is 2. The second-order valence-electron chi connectivity index (χ2n) is 12.6. The number of tetrazole rings is 1. The van der Waals surface area contributed by atoms with Gasteiger partial charge < -0.3 is 29.3 Å². The van der Waals surface area contributed by atoms with Gasteiger partial charge in [0.2, 0.25) is 11.8 Å². The topological polar surface area (TPSA) is 141 Å². The van der Waals surface area contributed by atoms with Crippen LogP contribution in [0.1, 0.15) is 49.7 Å². The van der Waals surface area contributed by atoms with E-state index in [0.717, 1.165) is 42.5 Å². The van der Waals surface area contributed by atoms with Gasteiger partial charge >= 0.3 is 0 Å². The average molecular weight is 646 g/mol. The van der Waals surface area contributed by atoms with Crippen molar-refractivity contribution >= 4 is 17.7 Å². The number of ether oxygens (including phenoxy) is 3. The summed E-state index contributed by atoms with van der Waals surface area (Å²) in [5.41, 5.74) is 2.82. The molecule has 0 radical (unpaired) electrons. The molecule has 4 heterocycles. The SMILES string of the molecule is COc1cc2cc(c1OC)CCCNC(=O)CCC[C@H]1[C@@H]3C[C@@H](CN(C(=O)COc4ccc(-n5cnnn5)cc4)C3)CN1C(=O)CC2. The maximum atomic E-state index is 13.9. The zero-order chi connectivity index (χ0) is 32.8. The minimum absolute atomic E-state index is 0.0190. The summed E-state index contributed by atoms with van der Waals surface area (Å²) in [4.78, 5) is 43.9. The van der Waals surface area contributed by atoms with Crippen molar-refractivity contribution < 1.29 is 28.6 Å². The van der Waals surface area contributed by atoms with E-state index in [-0.39, 0.29) is 42.2 Å². The summed E-state index contributed by atoms with van der Waals surface area (Å²) in [5.74, 6) is 2.33. The molecule has 2 fully saturated rings. The number of rotatable bonds is 6. The van der Waals surface area contributed by atoms with Gasteiger partial charge in [0.15, 0.2) is 18.1 Å². The molecule has 1 aromatic heterocycles. The molecule has 1 N–H and O–H groups in total. The second kappa shape index (κ2) is 14.8. The van der Waals surface area contributed by atoms with E-state index >= 15 is 0 Å². The number of amides is 3. The van der Waals surface area contributed by atoms with Gasteiger partial charge in [0.25, 0.3) is 5.91 Å². The Morgan fingerprint density at radius 2 is 1.83 bits per heavy atom. The third kappa shape index (κ3) is 7.66. The van der Waals surface area contributed by atoms with E-state index in [2.05, 4.69) is 31.8 Å². The second-order valence-corrected chi connectivity index (χ2v) is 12.6. The third-order valence-corrected chi connectivity index (χ3v) is 9.55. The summed E-state index contributed by atoms with van der Waals surface area (Å²) >= 11 is 0. The fraction of sp³-hybridized carbons (Fsp3) is 0.529. The van der Waals surface area contributed by atoms with Gasteiger partial charge in [0, 0.05) is 45.1 Å². The number of carbonyl (C=O) groups excluding carboxylic acids is 3. The molecule has 13 nitrogen and oxygen atoms in total. The fourth-order valence-corrected chi connectivity index (χ4v) is 7.32. The van der Waals surface area contributed by atoms with Crippen molar-refractivity contribution in [1.82, 2.24) is 35.3 Å². The molecule has 0 saturated carbocycles. The van der Waals surface area contributed by atoms with Gasteiger partial charge in [-0.05, 0) is 102 Å². The van der Waals surface area contributed by atoms with Crippen LogP contribution in [0, 0.1) is 11.8 Å². The van der Waals surface area contributed by atoms with E-state index in [1.807, 2.05) is 23.1 Å². The molecule has 47 heavy (non-hydrogen) atoms. The number of carbonyl (C=O) groups is 3. The minimum atomic E-state index is -0.0686. The van der Waals surface area contributed by atoms with Crippen molar-refractivity contribution in [2.24, 2.45) is 11.8 Å². The summed E-state index contributed by atoms with van der Waals surface area (Å²) in [6.45, 7) is 2.28. The molecule has 2 aromatic carbocycles. The Kier molecular flexibility index (Phi) is 10.2. The van der Waals surface area contributed by atoms with Crippen LogP contribution in [0.3, 0.4) is 0 Å². The molecule has 4 bridgehead atoms. The van der Waals surface area contributed by atoms with Crippen LogP contribution < -0.4 is 19.5 Å². The van der Waals surface area contributed by atoms with Crippen LogP contribution in [0.25, 0.3) is 5.69 Å². The van der Waals surface area contributed by atoms with Gasteiger partial charge in [-0.2, -0.15) is 0 Å². The Morgan fingerprint density at radius 3 is 2.60 bits per heavy atom. The highest BCUT2D eigenvalue weighted by atomic mass is 16.5. The number of piperidine rings is 2. The number of likely N-dealkylation sites (tertiary alicyclic amines) is 1. The number of benzene rings is 2. The largest absolute Gasteiger partial charge is 0.493 e. The highest BCUT2D eigenvalue weighted by Gasteiger charge is 2.43. The fourth-order valence-electron chi connectivity index (χ4n) is 7.32. The molecule has 0 aliphatic carbocycles. The van der Waals surface area contributed by atoms with Crippen LogP contribution in [-0.4, -0.2) is 101 Å². The summed E-state index contributed by atoms with van der Waals surface area (Å²) < 4.78 is 18.7. The Bertz CT molecular complexity index is 1550. The van der Waals surface area contributed by atoms with Gasteiger partial charge in [-0.1, -0.05) is 6.07 Å². The highest BCUT2D eigenvalue weighted by Crippen LogP contribution is 2.37. The lowest BCUT2D eigenvalue weighted by Gasteiger charge is -2.51. The van der Waals surface area contributed by atoms with Gasteiger partial charge in [0.1, 0.15) is 12.1 Å². The first-order valence-electron chi connectivity index (χ1n) is 16.5. The van der Waals surface area contributed by atoms with Crippen molar-refractivity contribution in [2.75, 3.05) is 47.0 Å². The lowest BCUT2D eigenvalue weighted by atomic mass is 9.77. The number of aromatic nitrogens is 4. The summed E-state index contributed by atoms with van der Waals surface area (Å²) in [6, 6.07) is 11.3. The smallest absolute Gasteiger partial charge is 0.260 e. The lowest BCUT2D eigenvalue weighted by molar-refractivity contribution is -0.146. The van der Waals surface area contributed by atoms with Crippen molar-refractivity contribution in [3.63, 3.8) is 0 Å². The Morgan fingerprint density at radius 1 is 0.979 bits per heavy atom. The number of nitrogens with zero attached hydrogens (tertiary/aromatic N) is 6. The zero-order valence-corrected chi connectivity index (χ0v) is 27.1. The van der Waals surface area contributed by atoms with E-state index in [1.54, 1.807) is 31.0 Å². The minimum Gasteiger partial charge on any atom is -0.493 e. The Balaban J connectivity index is 1.13. The van der Waals surface area contributed by atoms with E-state index in [9.17, 15) is 14.4 Å². The molecule has 3 atom stereocenters. The molecule has 0 unspecified atom stereocenters. The first-order chi connectivity index (χ1) is 22.9. The van der Waals surface area contributed by atoms with Crippen molar-refractivity contribution in [3.8, 4) is 22.9 Å². The predicted octanol–water partition coefficient (Wildman–Crippen LogP) is 2.60. The maximum absolute atomic E-state index is 13.9. The molecule has 13 heteroatoms. The van der Waals surface area contributed by atoms with E-state index in [1.165, 1.54) is 6.33 Å².